The molecule has 2 heterocycles. The number of pyridine rings is 1. The Morgan fingerprint density at radius 1 is 1.03 bits per heavy atom. The number of rotatable bonds is 7. The van der Waals surface area contributed by atoms with Crippen molar-refractivity contribution in [1.82, 2.24) is 14.1 Å². The first-order valence-corrected chi connectivity index (χ1v) is 9.22. The SMILES string of the molecule is CCn1c(=O)c(C(=O)COC(=O)c2ccccn2)c(N)n(Cc2ccccc2)c1=O. The van der Waals surface area contributed by atoms with E-state index in [0.717, 1.165) is 14.7 Å². The molecule has 1 aromatic carbocycles. The summed E-state index contributed by atoms with van der Waals surface area (Å²) in [5, 5.41) is 0. The molecule has 0 spiro atoms. The highest BCUT2D eigenvalue weighted by Gasteiger charge is 2.23. The van der Waals surface area contributed by atoms with Crippen LogP contribution in [-0.4, -0.2) is 32.5 Å². The van der Waals surface area contributed by atoms with E-state index in [1.807, 2.05) is 6.07 Å². The Morgan fingerprint density at radius 2 is 1.73 bits per heavy atom. The molecule has 0 bridgehead atoms. The molecule has 3 aromatic rings. The summed E-state index contributed by atoms with van der Waals surface area (Å²) in [7, 11) is 0. The number of Topliss-reactive ketones (excluding diaryl/α,β-unsaturated/α-hetero) is 1. The van der Waals surface area contributed by atoms with Gasteiger partial charge in [-0.25, -0.2) is 14.6 Å². The maximum Gasteiger partial charge on any atom is 0.357 e. The third-order valence-corrected chi connectivity index (χ3v) is 4.45. The molecule has 0 aliphatic heterocycles. The number of ether oxygens (including phenoxy) is 1. The zero-order valence-corrected chi connectivity index (χ0v) is 16.3. The molecule has 3 rings (SSSR count). The van der Waals surface area contributed by atoms with Crippen LogP contribution in [0.4, 0.5) is 5.82 Å². The molecule has 9 heteroatoms. The van der Waals surface area contributed by atoms with E-state index in [9.17, 15) is 19.2 Å². The van der Waals surface area contributed by atoms with Crippen LogP contribution in [0.5, 0.6) is 0 Å². The smallest absolute Gasteiger partial charge is 0.357 e. The van der Waals surface area contributed by atoms with E-state index in [2.05, 4.69) is 4.98 Å². The number of nitrogen functional groups attached to an aromatic ring is 1. The molecule has 0 aliphatic rings. The molecule has 0 saturated heterocycles. The standard InChI is InChI=1S/C21H20N4O5/c1-2-24-19(27)17(16(26)13-30-20(28)15-10-6-7-11-23-15)18(22)25(21(24)29)12-14-8-4-3-5-9-14/h3-11H,2,12-13,22H2,1H3. The van der Waals surface area contributed by atoms with Crippen LogP contribution in [0.3, 0.4) is 0 Å². The van der Waals surface area contributed by atoms with Crippen LogP contribution in [-0.2, 0) is 17.8 Å². The molecule has 2 aromatic heterocycles. The molecule has 9 nitrogen and oxygen atoms in total. The van der Waals surface area contributed by atoms with E-state index >= 15 is 0 Å². The van der Waals surface area contributed by atoms with Crippen molar-refractivity contribution < 1.29 is 14.3 Å². The number of carbonyl (C=O) groups excluding carboxylic acids is 2. The fourth-order valence-electron chi connectivity index (χ4n) is 2.94. The van der Waals surface area contributed by atoms with Crippen LogP contribution in [0.2, 0.25) is 0 Å². The second kappa shape index (κ2) is 8.99. The van der Waals surface area contributed by atoms with Gasteiger partial charge in [0.2, 0.25) is 5.78 Å². The van der Waals surface area contributed by atoms with Gasteiger partial charge in [0, 0.05) is 12.7 Å². The Morgan fingerprint density at radius 3 is 2.37 bits per heavy atom. The maximum absolute atomic E-state index is 12.7. The van der Waals surface area contributed by atoms with Crippen molar-refractivity contribution in [2.24, 2.45) is 0 Å². The van der Waals surface area contributed by atoms with Crippen LogP contribution in [0, 0.1) is 0 Å². The molecule has 30 heavy (non-hydrogen) atoms. The molecule has 2 N–H and O–H groups in total. The minimum atomic E-state index is -0.816. The summed E-state index contributed by atoms with van der Waals surface area (Å²) in [4.78, 5) is 54.0. The maximum atomic E-state index is 12.7. The second-order valence-electron chi connectivity index (χ2n) is 6.38. The highest BCUT2D eigenvalue weighted by Crippen LogP contribution is 2.10. The zero-order chi connectivity index (χ0) is 21.7. The molecule has 0 unspecified atom stereocenters. The number of nitrogens with zero attached hydrogens (tertiary/aromatic N) is 3. The summed E-state index contributed by atoms with van der Waals surface area (Å²) < 4.78 is 7.06. The number of hydrogen-bond donors (Lipinski definition) is 1. The van der Waals surface area contributed by atoms with E-state index in [0.29, 0.717) is 0 Å². The predicted octanol–water partition coefficient (Wildman–Crippen LogP) is 1.10. The van der Waals surface area contributed by atoms with Gasteiger partial charge < -0.3 is 10.5 Å². The Hall–Kier alpha value is -4.01. The van der Waals surface area contributed by atoms with Crippen molar-refractivity contribution in [3.05, 3.63) is 92.4 Å². The summed E-state index contributed by atoms with van der Waals surface area (Å²) in [6.45, 7) is 1.05. The van der Waals surface area contributed by atoms with E-state index < -0.39 is 29.6 Å². The molecular formula is C21H20N4O5. The number of carbonyl (C=O) groups is 2. The van der Waals surface area contributed by atoms with Gasteiger partial charge in [0.05, 0.1) is 6.54 Å². The van der Waals surface area contributed by atoms with E-state index in [-0.39, 0.29) is 30.2 Å². The average molecular weight is 408 g/mol. The lowest BCUT2D eigenvalue weighted by Crippen LogP contribution is -2.44. The fraction of sp³-hybridized carbons (Fsp3) is 0.190. The normalized spacial score (nSPS) is 10.6. The predicted molar refractivity (Wildman–Crippen MR) is 109 cm³/mol. The highest BCUT2D eigenvalue weighted by atomic mass is 16.5. The average Bonchev–Trinajstić information content (AvgIpc) is 2.76. The van der Waals surface area contributed by atoms with Gasteiger partial charge in [-0.05, 0) is 24.6 Å². The molecule has 154 valence electrons. The van der Waals surface area contributed by atoms with Crippen molar-refractivity contribution >= 4 is 17.6 Å². The van der Waals surface area contributed by atoms with Gasteiger partial charge >= 0.3 is 11.7 Å². The van der Waals surface area contributed by atoms with Crippen molar-refractivity contribution in [2.45, 2.75) is 20.0 Å². The molecular weight excluding hydrogens is 388 g/mol. The Labute approximate surface area is 171 Å². The van der Waals surface area contributed by atoms with Crippen LogP contribution in [0.25, 0.3) is 0 Å². The van der Waals surface area contributed by atoms with Gasteiger partial charge in [-0.2, -0.15) is 0 Å². The minimum absolute atomic E-state index is 0.0262. The third kappa shape index (κ3) is 4.19. The molecule has 0 radical (unpaired) electrons. The number of benzene rings is 1. The van der Waals surface area contributed by atoms with Gasteiger partial charge in [-0.1, -0.05) is 36.4 Å². The van der Waals surface area contributed by atoms with Gasteiger partial charge in [-0.3, -0.25) is 18.7 Å². The topological polar surface area (TPSA) is 126 Å². The first-order chi connectivity index (χ1) is 14.4. The number of nitrogens with two attached hydrogens (primary N) is 1. The number of anilines is 1. The lowest BCUT2D eigenvalue weighted by atomic mass is 10.2. The first kappa shape index (κ1) is 20.7. The summed E-state index contributed by atoms with van der Waals surface area (Å²) >= 11 is 0. The van der Waals surface area contributed by atoms with Crippen LogP contribution < -0.4 is 17.0 Å². The fourth-order valence-corrected chi connectivity index (χ4v) is 2.94. The Bertz CT molecular complexity index is 1180. The van der Waals surface area contributed by atoms with E-state index in [1.54, 1.807) is 43.3 Å². The van der Waals surface area contributed by atoms with Gasteiger partial charge in [0.15, 0.2) is 6.61 Å². The van der Waals surface area contributed by atoms with Gasteiger partial charge in [0.1, 0.15) is 17.1 Å². The number of hydrogen-bond acceptors (Lipinski definition) is 7. The molecule has 0 saturated carbocycles. The van der Waals surface area contributed by atoms with Crippen LogP contribution in [0.15, 0.2) is 64.3 Å². The zero-order valence-electron chi connectivity index (χ0n) is 16.3. The van der Waals surface area contributed by atoms with E-state index in [1.165, 1.54) is 12.3 Å². The van der Waals surface area contributed by atoms with Crippen molar-refractivity contribution in [1.29, 1.82) is 0 Å². The summed E-state index contributed by atoms with van der Waals surface area (Å²) in [6, 6.07) is 13.7. The Kier molecular flexibility index (Phi) is 6.21. The monoisotopic (exact) mass is 408 g/mol. The van der Waals surface area contributed by atoms with Crippen LogP contribution in [0.1, 0.15) is 33.3 Å². The first-order valence-electron chi connectivity index (χ1n) is 9.22. The van der Waals surface area contributed by atoms with Gasteiger partial charge in [-0.15, -0.1) is 0 Å². The number of esters is 1. The molecule has 0 fully saturated rings. The highest BCUT2D eigenvalue weighted by molar-refractivity contribution is 6.02. The largest absolute Gasteiger partial charge is 0.453 e. The summed E-state index contributed by atoms with van der Waals surface area (Å²) in [5.74, 6) is -1.88. The third-order valence-electron chi connectivity index (χ3n) is 4.45. The lowest BCUT2D eigenvalue weighted by Gasteiger charge is -2.15. The molecule has 0 aliphatic carbocycles. The molecule has 0 amide bonds. The second-order valence-corrected chi connectivity index (χ2v) is 6.38. The van der Waals surface area contributed by atoms with E-state index in [4.69, 9.17) is 10.5 Å². The minimum Gasteiger partial charge on any atom is -0.453 e. The molecule has 0 atom stereocenters. The van der Waals surface area contributed by atoms with Crippen molar-refractivity contribution in [3.63, 3.8) is 0 Å². The van der Waals surface area contributed by atoms with Crippen molar-refractivity contribution in [2.75, 3.05) is 12.3 Å². The summed E-state index contributed by atoms with van der Waals surface area (Å²) in [5.41, 5.74) is 5.02. The number of aromatic nitrogens is 3. The Balaban J connectivity index is 1.94. The van der Waals surface area contributed by atoms with Crippen molar-refractivity contribution in [3.8, 4) is 0 Å². The summed E-state index contributed by atoms with van der Waals surface area (Å²) in [6.07, 6.45) is 1.41. The lowest BCUT2D eigenvalue weighted by molar-refractivity contribution is 0.0468. The number of ketones is 1. The van der Waals surface area contributed by atoms with Gasteiger partial charge in [0.25, 0.3) is 5.56 Å². The quantitative estimate of drug-likeness (QED) is 0.458. The van der Waals surface area contributed by atoms with Crippen LogP contribution >= 0.6 is 0 Å².